The number of allylic oxidation sites excluding steroid dienone is 2. The summed E-state index contributed by atoms with van der Waals surface area (Å²) in [6.07, 6.45) is 4.78. The lowest BCUT2D eigenvalue weighted by Crippen LogP contribution is -2.32. The van der Waals surface area contributed by atoms with Gasteiger partial charge in [-0.25, -0.2) is 4.79 Å². The predicted molar refractivity (Wildman–Crippen MR) is 119 cm³/mol. The first-order valence-corrected chi connectivity index (χ1v) is 10.8. The van der Waals surface area contributed by atoms with Gasteiger partial charge in [0.05, 0.1) is 0 Å². The number of aromatic nitrogens is 1. The van der Waals surface area contributed by atoms with Gasteiger partial charge in [0.1, 0.15) is 5.56 Å². The molecule has 2 heterocycles. The van der Waals surface area contributed by atoms with Gasteiger partial charge >= 0.3 is 5.97 Å². The summed E-state index contributed by atoms with van der Waals surface area (Å²) in [6.45, 7) is 6.40. The zero-order valence-corrected chi connectivity index (χ0v) is 18.0. The SMILES string of the molecule is CC(C)(C)[C@@H]1CC2=C(Cc3c(NC(=O)C4CC4)cccc32)c2cc(=O)c(C(=O)O)cn21. The Hall–Kier alpha value is -3.15. The lowest BCUT2D eigenvalue weighted by Gasteiger charge is -2.39. The fraction of sp³-hybridized carbons (Fsp3) is 0.400. The Morgan fingerprint density at radius 2 is 1.90 bits per heavy atom. The molecule has 1 aromatic heterocycles. The van der Waals surface area contributed by atoms with E-state index in [0.29, 0.717) is 6.42 Å². The van der Waals surface area contributed by atoms with E-state index in [0.717, 1.165) is 47.3 Å². The van der Waals surface area contributed by atoms with Crippen molar-refractivity contribution >= 4 is 28.7 Å². The van der Waals surface area contributed by atoms with E-state index < -0.39 is 11.4 Å². The Morgan fingerprint density at radius 3 is 2.55 bits per heavy atom. The molecule has 6 nitrogen and oxygen atoms in total. The van der Waals surface area contributed by atoms with Crippen molar-refractivity contribution in [1.82, 2.24) is 4.57 Å². The highest BCUT2D eigenvalue weighted by atomic mass is 16.4. The number of carboxylic acid groups (broad SMARTS) is 1. The topological polar surface area (TPSA) is 88.4 Å². The van der Waals surface area contributed by atoms with Gasteiger partial charge in [-0.3, -0.25) is 9.59 Å². The second-order valence-corrected chi connectivity index (χ2v) is 9.96. The molecule has 1 atom stereocenters. The highest BCUT2D eigenvalue weighted by molar-refractivity contribution is 6.02. The minimum absolute atomic E-state index is 0.00983. The number of rotatable bonds is 3. The Morgan fingerprint density at radius 1 is 1.16 bits per heavy atom. The average molecular weight is 418 g/mol. The number of fused-ring (bicyclic) bond motifs is 4. The first-order valence-electron chi connectivity index (χ1n) is 10.8. The molecule has 1 fully saturated rings. The van der Waals surface area contributed by atoms with E-state index in [2.05, 4.69) is 32.2 Å². The standard InChI is InChI=1S/C25H26N2O4/c1-25(2,3)22-10-15-14-5-4-6-19(26-23(29)13-7-8-13)16(14)9-17(15)20-11-21(28)18(24(30)31)12-27(20)22/h4-6,11-13,22H,7-10H2,1-3H3,(H,26,29)(H,30,31)/t22-/m0/s1. The van der Waals surface area contributed by atoms with Gasteiger partial charge in [0, 0.05) is 42.0 Å². The average Bonchev–Trinajstić information content (AvgIpc) is 3.47. The number of anilines is 1. The molecule has 3 aliphatic rings. The van der Waals surface area contributed by atoms with Crippen LogP contribution in [-0.4, -0.2) is 21.6 Å². The lowest BCUT2D eigenvalue weighted by atomic mass is 9.78. The fourth-order valence-electron chi connectivity index (χ4n) is 4.91. The number of amides is 1. The molecule has 0 saturated heterocycles. The second-order valence-electron chi connectivity index (χ2n) is 9.96. The summed E-state index contributed by atoms with van der Waals surface area (Å²) >= 11 is 0. The van der Waals surface area contributed by atoms with E-state index in [9.17, 15) is 19.5 Å². The number of carbonyl (C=O) groups excluding carboxylic acids is 1. The molecule has 0 radical (unpaired) electrons. The van der Waals surface area contributed by atoms with Crippen LogP contribution in [0.2, 0.25) is 0 Å². The van der Waals surface area contributed by atoms with Crippen LogP contribution in [0.4, 0.5) is 5.69 Å². The Balaban J connectivity index is 1.64. The Labute approximate surface area is 180 Å². The van der Waals surface area contributed by atoms with E-state index in [-0.39, 0.29) is 28.8 Å². The molecule has 2 aliphatic carbocycles. The minimum atomic E-state index is -1.20. The minimum Gasteiger partial charge on any atom is -0.477 e. The molecule has 1 aromatic carbocycles. The van der Waals surface area contributed by atoms with Gasteiger partial charge < -0.3 is 15.0 Å². The highest BCUT2D eigenvalue weighted by Crippen LogP contribution is 2.51. The van der Waals surface area contributed by atoms with Crippen LogP contribution >= 0.6 is 0 Å². The summed E-state index contributed by atoms with van der Waals surface area (Å²) in [5, 5.41) is 12.6. The first-order chi connectivity index (χ1) is 14.6. The van der Waals surface area contributed by atoms with Crippen LogP contribution < -0.4 is 10.7 Å². The molecule has 31 heavy (non-hydrogen) atoms. The van der Waals surface area contributed by atoms with E-state index in [4.69, 9.17) is 0 Å². The Bertz CT molecular complexity index is 1230. The van der Waals surface area contributed by atoms with Crippen LogP contribution in [0.15, 0.2) is 35.3 Å². The maximum absolute atomic E-state index is 12.6. The van der Waals surface area contributed by atoms with E-state index in [1.165, 1.54) is 17.8 Å². The van der Waals surface area contributed by atoms with Crippen LogP contribution in [0.5, 0.6) is 0 Å². The summed E-state index contributed by atoms with van der Waals surface area (Å²) in [5.41, 5.74) is 5.26. The smallest absolute Gasteiger partial charge is 0.341 e. The number of nitrogens with one attached hydrogen (secondary N) is 1. The second kappa shape index (κ2) is 6.67. The molecule has 0 bridgehead atoms. The normalized spacial score (nSPS) is 19.5. The van der Waals surface area contributed by atoms with E-state index in [1.807, 2.05) is 16.7 Å². The lowest BCUT2D eigenvalue weighted by molar-refractivity contribution is -0.117. The number of carbonyl (C=O) groups is 2. The third-order valence-electron chi connectivity index (χ3n) is 6.78. The van der Waals surface area contributed by atoms with Gasteiger partial charge in [0.2, 0.25) is 5.91 Å². The van der Waals surface area contributed by atoms with Gasteiger partial charge in [-0.15, -0.1) is 0 Å². The fourth-order valence-corrected chi connectivity index (χ4v) is 4.91. The number of aromatic carboxylic acids is 1. The highest BCUT2D eigenvalue weighted by Gasteiger charge is 2.38. The zero-order valence-electron chi connectivity index (χ0n) is 18.0. The van der Waals surface area contributed by atoms with Crippen LogP contribution in [0.3, 0.4) is 0 Å². The summed E-state index contributed by atoms with van der Waals surface area (Å²) in [7, 11) is 0. The largest absolute Gasteiger partial charge is 0.477 e. The van der Waals surface area contributed by atoms with Crippen molar-refractivity contribution in [2.75, 3.05) is 5.32 Å². The molecular formula is C25H26N2O4. The number of pyridine rings is 1. The van der Waals surface area contributed by atoms with Crippen LogP contribution in [-0.2, 0) is 11.2 Å². The van der Waals surface area contributed by atoms with E-state index in [1.54, 1.807) is 0 Å². The summed E-state index contributed by atoms with van der Waals surface area (Å²) in [5.74, 6) is -1.00. The van der Waals surface area contributed by atoms with Gasteiger partial charge in [-0.2, -0.15) is 0 Å². The monoisotopic (exact) mass is 418 g/mol. The van der Waals surface area contributed by atoms with Gasteiger partial charge in [-0.1, -0.05) is 32.9 Å². The zero-order chi connectivity index (χ0) is 22.1. The number of hydrogen-bond donors (Lipinski definition) is 2. The molecule has 1 saturated carbocycles. The molecular weight excluding hydrogens is 392 g/mol. The van der Waals surface area contributed by atoms with Crippen molar-refractivity contribution in [3.63, 3.8) is 0 Å². The summed E-state index contributed by atoms with van der Waals surface area (Å²) in [4.78, 5) is 36.6. The van der Waals surface area contributed by atoms with Crippen molar-refractivity contribution in [2.45, 2.75) is 52.5 Å². The van der Waals surface area contributed by atoms with E-state index >= 15 is 0 Å². The summed E-state index contributed by atoms with van der Waals surface area (Å²) in [6, 6.07) is 7.49. The van der Waals surface area contributed by atoms with Crippen molar-refractivity contribution < 1.29 is 14.7 Å². The van der Waals surface area contributed by atoms with Crippen molar-refractivity contribution in [1.29, 1.82) is 0 Å². The number of carboxylic acids is 1. The van der Waals surface area contributed by atoms with Crippen LogP contribution in [0.25, 0.3) is 11.1 Å². The summed E-state index contributed by atoms with van der Waals surface area (Å²) < 4.78 is 1.98. The van der Waals surface area contributed by atoms with Gasteiger partial charge in [0.15, 0.2) is 5.43 Å². The van der Waals surface area contributed by atoms with Crippen molar-refractivity contribution in [2.24, 2.45) is 11.3 Å². The first kappa shape index (κ1) is 19.8. The van der Waals surface area contributed by atoms with Crippen LogP contribution in [0, 0.1) is 11.3 Å². The molecule has 1 aliphatic heterocycles. The molecule has 6 heteroatoms. The number of nitrogens with zero attached hydrogens (tertiary/aromatic N) is 1. The maximum Gasteiger partial charge on any atom is 0.341 e. The predicted octanol–water partition coefficient (Wildman–Crippen LogP) is 4.35. The molecule has 160 valence electrons. The van der Waals surface area contributed by atoms with Gasteiger partial charge in [-0.05, 0) is 53.0 Å². The molecule has 1 amide bonds. The van der Waals surface area contributed by atoms with Crippen molar-refractivity contribution in [3.05, 3.63) is 63.1 Å². The molecule has 5 rings (SSSR count). The molecule has 0 spiro atoms. The molecule has 2 N–H and O–H groups in total. The van der Waals surface area contributed by atoms with Gasteiger partial charge in [0.25, 0.3) is 0 Å². The third kappa shape index (κ3) is 3.21. The Kier molecular flexibility index (Phi) is 4.26. The van der Waals surface area contributed by atoms with Crippen LogP contribution in [0.1, 0.15) is 73.3 Å². The number of benzene rings is 1. The maximum atomic E-state index is 12.6. The molecule has 2 aromatic rings. The number of hydrogen-bond acceptors (Lipinski definition) is 3. The van der Waals surface area contributed by atoms with Crippen molar-refractivity contribution in [3.8, 4) is 0 Å². The third-order valence-corrected chi connectivity index (χ3v) is 6.78. The quantitative estimate of drug-likeness (QED) is 0.776. The molecule has 0 unspecified atom stereocenters.